The van der Waals surface area contributed by atoms with Crippen LogP contribution in [0, 0.1) is 0 Å². The second kappa shape index (κ2) is 3.99. The second-order valence-corrected chi connectivity index (χ2v) is 5.22. The zero-order valence-electron chi connectivity index (χ0n) is 10.4. The lowest BCUT2D eigenvalue weighted by atomic mass is 10.0. The van der Waals surface area contributed by atoms with E-state index in [1.807, 2.05) is 0 Å². The van der Waals surface area contributed by atoms with Crippen molar-refractivity contribution in [3.8, 4) is 0 Å². The average molecular weight is 206 g/mol. The van der Waals surface area contributed by atoms with Gasteiger partial charge >= 0.3 is 0 Å². The highest BCUT2D eigenvalue weighted by Crippen LogP contribution is 2.28. The number of hydrogen-bond donors (Lipinski definition) is 0. The van der Waals surface area contributed by atoms with Crippen LogP contribution in [-0.2, 0) is 13.0 Å². The van der Waals surface area contributed by atoms with Gasteiger partial charge in [0.1, 0.15) is 5.82 Å². The Hall–Kier alpha value is -0.790. The van der Waals surface area contributed by atoms with Crippen LogP contribution in [0.3, 0.4) is 0 Å². The Kier molecular flexibility index (Phi) is 2.85. The third kappa shape index (κ3) is 1.82. The summed E-state index contributed by atoms with van der Waals surface area (Å²) in [5, 5.41) is 0. The summed E-state index contributed by atoms with van der Waals surface area (Å²) in [7, 11) is 0. The molecule has 84 valence electrons. The molecule has 15 heavy (non-hydrogen) atoms. The monoisotopic (exact) mass is 206 g/mol. The summed E-state index contributed by atoms with van der Waals surface area (Å²) < 4.78 is 2.48. The summed E-state index contributed by atoms with van der Waals surface area (Å²) in [6.45, 7) is 10.2. The van der Waals surface area contributed by atoms with Crippen molar-refractivity contribution in [1.82, 2.24) is 9.55 Å². The van der Waals surface area contributed by atoms with Crippen molar-refractivity contribution in [2.24, 2.45) is 0 Å². The fourth-order valence-corrected chi connectivity index (χ4v) is 2.50. The summed E-state index contributed by atoms with van der Waals surface area (Å²) >= 11 is 0. The lowest BCUT2D eigenvalue weighted by Crippen LogP contribution is -2.14. The summed E-state index contributed by atoms with van der Waals surface area (Å²) in [4.78, 5) is 4.85. The van der Waals surface area contributed by atoms with E-state index >= 15 is 0 Å². The Morgan fingerprint density at radius 2 is 1.80 bits per heavy atom. The van der Waals surface area contributed by atoms with E-state index in [-0.39, 0.29) is 0 Å². The molecule has 1 aromatic rings. The predicted octanol–water partition coefficient (Wildman–Crippen LogP) is 3.47. The van der Waals surface area contributed by atoms with Gasteiger partial charge in [-0.2, -0.15) is 0 Å². The first-order valence-corrected chi connectivity index (χ1v) is 6.20. The predicted molar refractivity (Wildman–Crippen MR) is 63.3 cm³/mol. The highest BCUT2D eigenvalue weighted by Gasteiger charge is 2.22. The number of aromatic nitrogens is 2. The molecule has 0 aromatic carbocycles. The number of rotatable bonds is 2. The van der Waals surface area contributed by atoms with Crippen LogP contribution in [0.1, 0.15) is 69.6 Å². The fourth-order valence-electron chi connectivity index (χ4n) is 2.50. The van der Waals surface area contributed by atoms with Crippen LogP contribution in [0.2, 0.25) is 0 Å². The van der Waals surface area contributed by atoms with Crippen LogP contribution in [-0.4, -0.2) is 9.55 Å². The molecular formula is C13H22N2. The van der Waals surface area contributed by atoms with E-state index in [2.05, 4.69) is 32.3 Å². The lowest BCUT2D eigenvalue weighted by Gasteiger charge is -2.19. The highest BCUT2D eigenvalue weighted by molar-refractivity contribution is 5.23. The molecule has 0 spiro atoms. The molecule has 0 amide bonds. The second-order valence-electron chi connectivity index (χ2n) is 5.22. The van der Waals surface area contributed by atoms with Crippen molar-refractivity contribution in [3.63, 3.8) is 0 Å². The molecule has 1 aromatic heterocycles. The van der Waals surface area contributed by atoms with E-state index in [1.54, 1.807) is 0 Å². The highest BCUT2D eigenvalue weighted by atomic mass is 15.1. The molecule has 2 rings (SSSR count). The molecule has 0 N–H and O–H groups in total. The van der Waals surface area contributed by atoms with Gasteiger partial charge in [0.15, 0.2) is 0 Å². The van der Waals surface area contributed by atoms with E-state index < -0.39 is 0 Å². The van der Waals surface area contributed by atoms with E-state index in [4.69, 9.17) is 4.98 Å². The van der Waals surface area contributed by atoms with Crippen molar-refractivity contribution < 1.29 is 0 Å². The summed E-state index contributed by atoms with van der Waals surface area (Å²) in [6.07, 6.45) is 3.89. The Morgan fingerprint density at radius 1 is 1.07 bits per heavy atom. The smallest absolute Gasteiger partial charge is 0.111 e. The van der Waals surface area contributed by atoms with Gasteiger partial charge in [-0.25, -0.2) is 4.98 Å². The number of fused-ring (bicyclic) bond motifs is 1. The van der Waals surface area contributed by atoms with Crippen LogP contribution in [0.15, 0.2) is 0 Å². The van der Waals surface area contributed by atoms with Crippen LogP contribution >= 0.6 is 0 Å². The SMILES string of the molecule is CC(C)c1nc(C(C)C)n2c1CCCC2. The van der Waals surface area contributed by atoms with Gasteiger partial charge < -0.3 is 4.57 Å². The molecule has 0 bridgehead atoms. The van der Waals surface area contributed by atoms with E-state index in [1.165, 1.54) is 43.0 Å². The van der Waals surface area contributed by atoms with E-state index in [0.717, 1.165) is 0 Å². The van der Waals surface area contributed by atoms with Crippen LogP contribution < -0.4 is 0 Å². The minimum atomic E-state index is 0.550. The third-order valence-electron chi connectivity index (χ3n) is 3.24. The number of nitrogens with zero attached hydrogens (tertiary/aromatic N) is 2. The molecule has 1 aliphatic rings. The molecule has 2 heterocycles. The maximum atomic E-state index is 4.85. The Balaban J connectivity index is 2.49. The van der Waals surface area contributed by atoms with Gasteiger partial charge in [0.05, 0.1) is 5.69 Å². The standard InChI is InChI=1S/C13H22N2/c1-9(2)12-11-7-5-6-8-15(11)13(14-12)10(3)4/h9-10H,5-8H2,1-4H3. The average Bonchev–Trinajstić information content (AvgIpc) is 2.56. The minimum Gasteiger partial charge on any atom is -0.332 e. The largest absolute Gasteiger partial charge is 0.332 e. The van der Waals surface area contributed by atoms with Crippen molar-refractivity contribution in [2.45, 2.75) is 65.3 Å². The zero-order chi connectivity index (χ0) is 11.0. The summed E-state index contributed by atoms with van der Waals surface area (Å²) in [5.74, 6) is 2.42. The zero-order valence-corrected chi connectivity index (χ0v) is 10.4. The maximum absolute atomic E-state index is 4.85. The Bertz CT molecular complexity index is 315. The molecular weight excluding hydrogens is 184 g/mol. The Labute approximate surface area is 92.7 Å². The van der Waals surface area contributed by atoms with Gasteiger partial charge in [-0.05, 0) is 25.2 Å². The van der Waals surface area contributed by atoms with Gasteiger partial charge in [-0.1, -0.05) is 27.7 Å². The normalized spacial score (nSPS) is 16.1. The molecule has 0 fully saturated rings. The Morgan fingerprint density at radius 3 is 2.40 bits per heavy atom. The minimum absolute atomic E-state index is 0.550. The molecule has 0 unspecified atom stereocenters. The maximum Gasteiger partial charge on any atom is 0.111 e. The van der Waals surface area contributed by atoms with Crippen LogP contribution in [0.25, 0.3) is 0 Å². The molecule has 0 saturated heterocycles. The molecule has 2 heteroatoms. The fraction of sp³-hybridized carbons (Fsp3) is 0.769. The molecule has 0 aliphatic carbocycles. The van der Waals surface area contributed by atoms with Gasteiger partial charge in [0, 0.05) is 18.2 Å². The van der Waals surface area contributed by atoms with Crippen LogP contribution in [0.4, 0.5) is 0 Å². The number of imidazole rings is 1. The molecule has 2 nitrogen and oxygen atoms in total. The van der Waals surface area contributed by atoms with Gasteiger partial charge in [0.25, 0.3) is 0 Å². The van der Waals surface area contributed by atoms with Crippen molar-refractivity contribution in [2.75, 3.05) is 0 Å². The first-order chi connectivity index (χ1) is 7.11. The molecule has 1 aliphatic heterocycles. The molecule has 0 atom stereocenters. The number of hydrogen-bond acceptors (Lipinski definition) is 1. The van der Waals surface area contributed by atoms with E-state index in [9.17, 15) is 0 Å². The molecule has 0 radical (unpaired) electrons. The van der Waals surface area contributed by atoms with E-state index in [0.29, 0.717) is 11.8 Å². The topological polar surface area (TPSA) is 17.8 Å². The van der Waals surface area contributed by atoms with Gasteiger partial charge in [-0.3, -0.25) is 0 Å². The van der Waals surface area contributed by atoms with Gasteiger partial charge in [0.2, 0.25) is 0 Å². The summed E-state index contributed by atoms with van der Waals surface area (Å²) in [5.41, 5.74) is 2.86. The third-order valence-corrected chi connectivity index (χ3v) is 3.24. The van der Waals surface area contributed by atoms with Crippen molar-refractivity contribution in [3.05, 3.63) is 17.2 Å². The van der Waals surface area contributed by atoms with Crippen molar-refractivity contribution >= 4 is 0 Å². The van der Waals surface area contributed by atoms with Gasteiger partial charge in [-0.15, -0.1) is 0 Å². The first kappa shape index (κ1) is 10.7. The van der Waals surface area contributed by atoms with Crippen molar-refractivity contribution in [1.29, 1.82) is 0 Å². The summed E-state index contributed by atoms with van der Waals surface area (Å²) in [6, 6.07) is 0. The quantitative estimate of drug-likeness (QED) is 0.724. The first-order valence-electron chi connectivity index (χ1n) is 6.20. The van der Waals surface area contributed by atoms with Crippen LogP contribution in [0.5, 0.6) is 0 Å². The lowest BCUT2D eigenvalue weighted by molar-refractivity contribution is 0.502. The molecule has 0 saturated carbocycles.